The van der Waals surface area contributed by atoms with Gasteiger partial charge in [0.05, 0.1) is 29.5 Å². The van der Waals surface area contributed by atoms with E-state index in [4.69, 9.17) is 9.47 Å². The fraction of sp³-hybridized carbons (Fsp3) is 0.583. The number of carbonyl (C=O) groups excluding carboxylic acids is 2. The van der Waals surface area contributed by atoms with E-state index in [0.717, 1.165) is 17.6 Å². The zero-order valence-corrected chi connectivity index (χ0v) is 23.3. The number of aromatic nitrogens is 2. The highest BCUT2D eigenvalue weighted by molar-refractivity contribution is 7.91. The molecule has 0 unspecified atom stereocenters. The molecule has 2 aliphatic rings. The Balaban J connectivity index is 1.76. The summed E-state index contributed by atoms with van der Waals surface area (Å²) in [7, 11) is -3.65. The number of amides is 1. The lowest BCUT2D eigenvalue weighted by Crippen LogP contribution is -2.66. The molecule has 2 N–H and O–H groups in total. The van der Waals surface area contributed by atoms with Crippen molar-refractivity contribution in [1.82, 2.24) is 14.3 Å². The van der Waals surface area contributed by atoms with Gasteiger partial charge in [0.2, 0.25) is 5.91 Å². The summed E-state index contributed by atoms with van der Waals surface area (Å²) in [4.78, 5) is 43.7. The van der Waals surface area contributed by atoms with Crippen LogP contribution in [0.25, 0.3) is 10.4 Å². The third-order valence-electron chi connectivity index (χ3n) is 7.36. The van der Waals surface area contributed by atoms with Crippen LogP contribution in [0, 0.1) is 11.3 Å². The second-order valence-electron chi connectivity index (χ2n) is 9.90. The minimum absolute atomic E-state index is 0.124. The second kappa shape index (κ2) is 9.97. The lowest BCUT2D eigenvalue weighted by Gasteiger charge is -2.50. The summed E-state index contributed by atoms with van der Waals surface area (Å²) in [5.74, 6) is -2.71. The molecule has 0 spiro atoms. The van der Waals surface area contributed by atoms with Gasteiger partial charge in [-0.25, -0.2) is 23.0 Å². The van der Waals surface area contributed by atoms with E-state index in [1.165, 1.54) is 22.6 Å². The third kappa shape index (κ3) is 4.47. The zero-order chi connectivity index (χ0) is 28.2. The van der Waals surface area contributed by atoms with Gasteiger partial charge < -0.3 is 24.6 Å². The first-order valence-corrected chi connectivity index (χ1v) is 15.0. The number of hydrogen-bond acceptors (Lipinski definition) is 10. The van der Waals surface area contributed by atoms with E-state index in [1.807, 2.05) is 13.8 Å². The highest BCUT2D eigenvalue weighted by Gasteiger charge is 2.66. The largest absolute Gasteiger partial charge is 0.508 e. The van der Waals surface area contributed by atoms with Gasteiger partial charge in [-0.3, -0.25) is 9.20 Å². The SMILES string of the molecule is CCC(CC)OC(=O)OCC[C@@]1(C)C(c2cn3cnc(S(C)(=O)=O)c3s2)=C(C(=O)O)N2C(=O)[C@H]([C@@H](C)O)[C@@H]21. The normalized spacial score (nSPS) is 24.1. The Bertz CT molecular complexity index is 1420. The number of thiazole rings is 1. The average molecular weight is 570 g/mol. The second-order valence-corrected chi connectivity index (χ2v) is 12.9. The Morgan fingerprint density at radius 3 is 2.50 bits per heavy atom. The molecule has 1 fully saturated rings. The highest BCUT2D eigenvalue weighted by Crippen LogP contribution is 2.60. The van der Waals surface area contributed by atoms with Crippen molar-refractivity contribution in [2.45, 2.75) is 70.2 Å². The van der Waals surface area contributed by atoms with E-state index < -0.39 is 51.3 Å². The number of aliphatic hydroxyl groups is 1. The summed E-state index contributed by atoms with van der Waals surface area (Å²) in [6.45, 7) is 6.88. The van der Waals surface area contributed by atoms with Gasteiger partial charge in [0.1, 0.15) is 23.0 Å². The monoisotopic (exact) mass is 569 g/mol. The van der Waals surface area contributed by atoms with Crippen LogP contribution in [0.3, 0.4) is 0 Å². The first-order valence-electron chi connectivity index (χ1n) is 12.3. The van der Waals surface area contributed by atoms with Crippen LogP contribution in [-0.2, 0) is 28.9 Å². The van der Waals surface area contributed by atoms with Gasteiger partial charge in [0.15, 0.2) is 14.9 Å². The van der Waals surface area contributed by atoms with E-state index in [-0.39, 0.29) is 29.9 Å². The highest BCUT2D eigenvalue weighted by atomic mass is 32.2. The molecule has 0 saturated carbocycles. The standard InChI is InChI=1S/C24H31N3O9S2/c1-6-13(7-2)36-23(32)35-9-8-24(4)16(14-10-26-11-25-19(21(26)37-14)38(5,33)34)17(22(30)31)27-18(24)15(12(3)28)20(27)29/h10-13,15,18,28H,6-9H2,1-5H3,(H,30,31)/t12-,15-,18-,24+/m1/s1. The molecule has 2 aliphatic heterocycles. The van der Waals surface area contributed by atoms with Gasteiger partial charge in [-0.2, -0.15) is 0 Å². The maximum Gasteiger partial charge on any atom is 0.508 e. The lowest BCUT2D eigenvalue weighted by molar-refractivity contribution is -0.167. The summed E-state index contributed by atoms with van der Waals surface area (Å²) < 4.78 is 36.6. The molecule has 12 nitrogen and oxygen atoms in total. The molecule has 38 heavy (non-hydrogen) atoms. The molecule has 0 aromatic carbocycles. The quantitative estimate of drug-likeness (QED) is 0.321. The molecule has 208 valence electrons. The van der Waals surface area contributed by atoms with Gasteiger partial charge >= 0.3 is 12.1 Å². The Morgan fingerprint density at radius 1 is 1.29 bits per heavy atom. The van der Waals surface area contributed by atoms with E-state index >= 15 is 0 Å². The number of carbonyl (C=O) groups is 3. The fourth-order valence-corrected chi connectivity index (χ4v) is 7.84. The maximum absolute atomic E-state index is 13.0. The van der Waals surface area contributed by atoms with Crippen molar-refractivity contribution in [2.24, 2.45) is 11.3 Å². The van der Waals surface area contributed by atoms with Crippen LogP contribution in [0.4, 0.5) is 4.79 Å². The molecule has 0 aliphatic carbocycles. The number of aliphatic carboxylic acids is 1. The van der Waals surface area contributed by atoms with Crippen LogP contribution >= 0.6 is 11.3 Å². The summed E-state index contributed by atoms with van der Waals surface area (Å²) in [5.41, 5.74) is -0.992. The number of β-lactam (4-membered cyclic amide) rings is 1. The first kappa shape index (κ1) is 28.0. The van der Waals surface area contributed by atoms with E-state index in [1.54, 1.807) is 13.1 Å². The summed E-state index contributed by atoms with van der Waals surface area (Å²) >= 11 is 1.04. The van der Waals surface area contributed by atoms with Gasteiger partial charge in [-0.05, 0) is 26.2 Å². The van der Waals surface area contributed by atoms with Gasteiger partial charge in [0, 0.05) is 23.4 Å². The molecule has 4 heterocycles. The molecule has 4 atom stereocenters. The number of carboxylic acids is 1. The van der Waals surface area contributed by atoms with Gasteiger partial charge in [-0.1, -0.05) is 20.8 Å². The third-order valence-corrected chi connectivity index (χ3v) is 9.61. The molecule has 0 bridgehead atoms. The Kier molecular flexibility index (Phi) is 7.36. The van der Waals surface area contributed by atoms with Crippen molar-refractivity contribution >= 4 is 49.6 Å². The van der Waals surface area contributed by atoms with Crippen molar-refractivity contribution in [2.75, 3.05) is 12.9 Å². The van der Waals surface area contributed by atoms with E-state index in [2.05, 4.69) is 4.98 Å². The Labute approximate surface area is 223 Å². The van der Waals surface area contributed by atoms with Gasteiger partial charge in [0.25, 0.3) is 0 Å². The fourth-order valence-electron chi connectivity index (χ4n) is 5.45. The molecule has 2 aromatic heterocycles. The van der Waals surface area contributed by atoms with E-state index in [0.29, 0.717) is 28.1 Å². The van der Waals surface area contributed by atoms with Crippen molar-refractivity contribution in [3.63, 3.8) is 0 Å². The zero-order valence-electron chi connectivity index (χ0n) is 21.7. The molecule has 4 rings (SSSR count). The number of sulfone groups is 1. The number of nitrogens with zero attached hydrogens (tertiary/aromatic N) is 3. The van der Waals surface area contributed by atoms with Crippen LogP contribution in [0.2, 0.25) is 0 Å². The van der Waals surface area contributed by atoms with Crippen LogP contribution in [-0.4, -0.2) is 82.1 Å². The van der Waals surface area contributed by atoms with Crippen LogP contribution in [0.15, 0.2) is 23.2 Å². The molecule has 1 amide bonds. The molecular weight excluding hydrogens is 538 g/mol. The first-order chi connectivity index (χ1) is 17.8. The van der Waals surface area contributed by atoms with E-state index in [9.17, 15) is 33.0 Å². The van der Waals surface area contributed by atoms with Crippen molar-refractivity contribution in [3.8, 4) is 0 Å². The predicted molar refractivity (Wildman–Crippen MR) is 136 cm³/mol. The summed E-state index contributed by atoms with van der Waals surface area (Å²) in [5, 5.41) is 20.4. The number of aliphatic hydroxyl groups excluding tert-OH is 1. The molecule has 0 radical (unpaired) electrons. The van der Waals surface area contributed by atoms with Crippen LogP contribution in [0.1, 0.15) is 51.8 Å². The number of imidazole rings is 1. The summed E-state index contributed by atoms with van der Waals surface area (Å²) in [6, 6.07) is -0.705. The van der Waals surface area contributed by atoms with Crippen molar-refractivity contribution < 1.29 is 42.5 Å². The maximum atomic E-state index is 13.0. The number of carboxylic acid groups (broad SMARTS) is 1. The topological polar surface area (TPSA) is 165 Å². The minimum atomic E-state index is -3.65. The van der Waals surface area contributed by atoms with Crippen LogP contribution in [0.5, 0.6) is 0 Å². The minimum Gasteiger partial charge on any atom is -0.477 e. The summed E-state index contributed by atoms with van der Waals surface area (Å²) in [6.07, 6.45) is 3.15. The Morgan fingerprint density at radius 2 is 1.95 bits per heavy atom. The molecule has 1 saturated heterocycles. The number of hydrogen-bond donors (Lipinski definition) is 2. The molecule has 14 heteroatoms. The van der Waals surface area contributed by atoms with Crippen molar-refractivity contribution in [3.05, 3.63) is 23.1 Å². The lowest BCUT2D eigenvalue weighted by atomic mass is 9.66. The number of ether oxygens (including phenoxy) is 2. The predicted octanol–water partition coefficient (Wildman–Crippen LogP) is 2.55. The smallest absolute Gasteiger partial charge is 0.477 e. The van der Waals surface area contributed by atoms with Crippen LogP contribution < -0.4 is 0 Å². The number of rotatable bonds is 10. The van der Waals surface area contributed by atoms with Gasteiger partial charge in [-0.15, -0.1) is 11.3 Å². The van der Waals surface area contributed by atoms with Crippen molar-refractivity contribution in [1.29, 1.82) is 0 Å². The average Bonchev–Trinajstić information content (AvgIpc) is 3.45. The molecule has 2 aromatic rings. The molecular formula is C24H31N3O9S2. The Hall–Kier alpha value is -2.97. The number of fused-ring (bicyclic) bond motifs is 2.